The predicted octanol–water partition coefficient (Wildman–Crippen LogP) is 2.15. The minimum absolute atomic E-state index is 0.295. The van der Waals surface area contributed by atoms with Gasteiger partial charge in [-0.3, -0.25) is 0 Å². The first-order chi connectivity index (χ1) is 8.57. The van der Waals surface area contributed by atoms with Gasteiger partial charge in [-0.25, -0.2) is 0 Å². The van der Waals surface area contributed by atoms with Crippen molar-refractivity contribution in [3.63, 3.8) is 0 Å². The van der Waals surface area contributed by atoms with Crippen molar-refractivity contribution in [2.24, 2.45) is 23.0 Å². The van der Waals surface area contributed by atoms with Gasteiger partial charge in [-0.1, -0.05) is 13.8 Å². The summed E-state index contributed by atoms with van der Waals surface area (Å²) in [5, 5.41) is 3.76. The van der Waals surface area contributed by atoms with Crippen LogP contribution in [0.2, 0.25) is 0 Å². The minimum Gasteiger partial charge on any atom is -0.381 e. The van der Waals surface area contributed by atoms with Crippen LogP contribution >= 0.6 is 0 Å². The fourth-order valence-electron chi connectivity index (χ4n) is 3.61. The van der Waals surface area contributed by atoms with Crippen molar-refractivity contribution in [3.8, 4) is 0 Å². The van der Waals surface area contributed by atoms with Crippen LogP contribution in [0.1, 0.15) is 46.0 Å². The van der Waals surface area contributed by atoms with Gasteiger partial charge in [-0.05, 0) is 57.0 Å². The number of ether oxygens (including phenoxy) is 1. The van der Waals surface area contributed by atoms with Crippen molar-refractivity contribution in [1.29, 1.82) is 0 Å². The first-order valence-corrected chi connectivity index (χ1v) is 7.54. The molecule has 3 N–H and O–H groups in total. The largest absolute Gasteiger partial charge is 0.381 e. The molecular weight excluding hydrogens is 224 g/mol. The van der Waals surface area contributed by atoms with Gasteiger partial charge in [0.05, 0.1) is 6.10 Å². The zero-order valence-electron chi connectivity index (χ0n) is 12.2. The fraction of sp³-hybridized carbons (Fsp3) is 1.00. The van der Waals surface area contributed by atoms with Gasteiger partial charge in [-0.15, -0.1) is 0 Å². The Balaban J connectivity index is 1.67. The number of nitrogens with one attached hydrogen (secondary N) is 1. The van der Waals surface area contributed by atoms with Crippen LogP contribution < -0.4 is 11.1 Å². The molecule has 2 unspecified atom stereocenters. The lowest BCUT2D eigenvalue weighted by Gasteiger charge is -2.52. The summed E-state index contributed by atoms with van der Waals surface area (Å²) in [6.45, 7) is 6.69. The Morgan fingerprint density at radius 3 is 2.28 bits per heavy atom. The second kappa shape index (κ2) is 5.89. The van der Waals surface area contributed by atoms with Gasteiger partial charge in [0.25, 0.3) is 0 Å². The Morgan fingerprint density at radius 1 is 1.17 bits per heavy atom. The highest BCUT2D eigenvalue weighted by Crippen LogP contribution is 2.42. The summed E-state index contributed by atoms with van der Waals surface area (Å²) >= 11 is 0. The van der Waals surface area contributed by atoms with Gasteiger partial charge >= 0.3 is 0 Å². The second-order valence-corrected chi connectivity index (χ2v) is 6.86. The average Bonchev–Trinajstić information content (AvgIpc) is 2.38. The van der Waals surface area contributed by atoms with E-state index in [0.717, 1.165) is 18.4 Å². The molecule has 106 valence electrons. The molecule has 0 aromatic rings. The molecule has 0 aliphatic heterocycles. The van der Waals surface area contributed by atoms with E-state index >= 15 is 0 Å². The van der Waals surface area contributed by atoms with Crippen LogP contribution in [0.3, 0.4) is 0 Å². The van der Waals surface area contributed by atoms with Crippen molar-refractivity contribution in [1.82, 2.24) is 5.32 Å². The first kappa shape index (κ1) is 14.3. The molecule has 0 bridgehead atoms. The monoisotopic (exact) mass is 254 g/mol. The summed E-state index contributed by atoms with van der Waals surface area (Å²) < 4.78 is 5.50. The Labute approximate surface area is 112 Å². The van der Waals surface area contributed by atoms with Crippen LogP contribution in [0.25, 0.3) is 0 Å². The maximum Gasteiger partial charge on any atom is 0.0652 e. The molecule has 2 aliphatic carbocycles. The number of hydrogen-bond acceptors (Lipinski definition) is 3. The van der Waals surface area contributed by atoms with E-state index in [1.165, 1.54) is 38.6 Å². The zero-order valence-corrected chi connectivity index (χ0v) is 12.2. The van der Waals surface area contributed by atoms with Gasteiger partial charge < -0.3 is 15.8 Å². The minimum atomic E-state index is 0.295. The lowest BCUT2D eigenvalue weighted by atomic mass is 9.64. The van der Waals surface area contributed by atoms with Gasteiger partial charge in [0, 0.05) is 18.6 Å². The number of rotatable bonds is 5. The molecule has 0 aromatic heterocycles. The van der Waals surface area contributed by atoms with Crippen LogP contribution in [0.4, 0.5) is 0 Å². The number of hydrogen-bond donors (Lipinski definition) is 2. The van der Waals surface area contributed by atoms with Crippen LogP contribution in [-0.4, -0.2) is 32.3 Å². The molecule has 18 heavy (non-hydrogen) atoms. The van der Waals surface area contributed by atoms with Crippen LogP contribution in [0.5, 0.6) is 0 Å². The molecule has 3 nitrogen and oxygen atoms in total. The van der Waals surface area contributed by atoms with E-state index in [1.807, 2.05) is 7.11 Å². The zero-order chi connectivity index (χ0) is 13.2. The van der Waals surface area contributed by atoms with Crippen LogP contribution in [0, 0.1) is 17.3 Å². The lowest BCUT2D eigenvalue weighted by molar-refractivity contribution is -0.0983. The van der Waals surface area contributed by atoms with Gasteiger partial charge in [0.15, 0.2) is 0 Å². The average molecular weight is 254 g/mol. The van der Waals surface area contributed by atoms with E-state index in [-0.39, 0.29) is 0 Å². The van der Waals surface area contributed by atoms with Gasteiger partial charge in [0.1, 0.15) is 0 Å². The molecule has 2 atom stereocenters. The Bertz CT molecular complexity index is 259. The third-order valence-corrected chi connectivity index (χ3v) is 5.41. The Hall–Kier alpha value is -0.120. The summed E-state index contributed by atoms with van der Waals surface area (Å²) in [6, 6.07) is 0.634. The van der Waals surface area contributed by atoms with Crippen LogP contribution in [-0.2, 0) is 4.74 Å². The molecule has 2 rings (SSSR count). The van der Waals surface area contributed by atoms with E-state index in [1.54, 1.807) is 0 Å². The topological polar surface area (TPSA) is 47.3 Å². The highest BCUT2D eigenvalue weighted by molar-refractivity contribution is 5.02. The maximum absolute atomic E-state index is 5.74. The summed E-state index contributed by atoms with van der Waals surface area (Å²) in [7, 11) is 1.83. The maximum atomic E-state index is 5.74. The molecule has 0 amide bonds. The van der Waals surface area contributed by atoms with E-state index in [2.05, 4.69) is 19.2 Å². The van der Waals surface area contributed by atoms with Gasteiger partial charge in [0.2, 0.25) is 0 Å². The van der Waals surface area contributed by atoms with Crippen molar-refractivity contribution in [3.05, 3.63) is 0 Å². The highest BCUT2D eigenvalue weighted by Gasteiger charge is 2.48. The summed E-state index contributed by atoms with van der Waals surface area (Å²) in [4.78, 5) is 0. The first-order valence-electron chi connectivity index (χ1n) is 7.54. The third-order valence-electron chi connectivity index (χ3n) is 5.41. The van der Waals surface area contributed by atoms with E-state index in [4.69, 9.17) is 10.5 Å². The van der Waals surface area contributed by atoms with Crippen molar-refractivity contribution in [2.45, 2.75) is 58.1 Å². The fourth-order valence-corrected chi connectivity index (χ4v) is 3.61. The molecule has 2 aliphatic rings. The van der Waals surface area contributed by atoms with Crippen molar-refractivity contribution < 1.29 is 4.74 Å². The molecule has 0 aromatic carbocycles. The second-order valence-electron chi connectivity index (χ2n) is 6.86. The van der Waals surface area contributed by atoms with E-state index in [9.17, 15) is 0 Å². The van der Waals surface area contributed by atoms with Crippen LogP contribution in [0.15, 0.2) is 0 Å². The van der Waals surface area contributed by atoms with Crippen molar-refractivity contribution in [2.75, 3.05) is 20.2 Å². The predicted molar refractivity (Wildman–Crippen MR) is 75.5 cm³/mol. The summed E-state index contributed by atoms with van der Waals surface area (Å²) in [5.74, 6) is 1.66. The van der Waals surface area contributed by atoms with E-state index < -0.39 is 0 Å². The molecular formula is C15H30N2O. The standard InChI is InChI=1S/C15H30N2O/c1-15(2)13(8-14(15)18-3)17-10-12-6-4-11(9-16)5-7-12/h11-14,17H,4-10,16H2,1-3H3. The summed E-state index contributed by atoms with van der Waals surface area (Å²) in [6.07, 6.45) is 6.98. The molecule has 0 spiro atoms. The third kappa shape index (κ3) is 2.89. The lowest BCUT2D eigenvalue weighted by Crippen LogP contribution is -2.61. The molecule has 0 heterocycles. The SMILES string of the molecule is COC1CC(NCC2CCC(CN)CC2)C1(C)C. The molecule has 2 fully saturated rings. The normalized spacial score (nSPS) is 39.3. The van der Waals surface area contributed by atoms with Crippen molar-refractivity contribution >= 4 is 0 Å². The number of nitrogens with two attached hydrogens (primary N) is 1. The Morgan fingerprint density at radius 2 is 1.78 bits per heavy atom. The molecule has 0 radical (unpaired) electrons. The van der Waals surface area contributed by atoms with Gasteiger partial charge in [-0.2, -0.15) is 0 Å². The highest BCUT2D eigenvalue weighted by atomic mass is 16.5. The van der Waals surface area contributed by atoms with E-state index in [0.29, 0.717) is 17.6 Å². The Kier molecular flexibility index (Phi) is 4.68. The molecule has 3 heteroatoms. The number of methoxy groups -OCH3 is 1. The molecule has 2 saturated carbocycles. The quantitative estimate of drug-likeness (QED) is 0.790. The molecule has 0 saturated heterocycles. The summed E-state index contributed by atoms with van der Waals surface area (Å²) in [5.41, 5.74) is 6.03. The smallest absolute Gasteiger partial charge is 0.0652 e.